The lowest BCUT2D eigenvalue weighted by molar-refractivity contribution is -0.696. The summed E-state index contributed by atoms with van der Waals surface area (Å²) in [7, 11) is 0. The summed E-state index contributed by atoms with van der Waals surface area (Å²) in [6.07, 6.45) is 9.79. The Labute approximate surface area is 153 Å². The number of hydrogen-bond acceptors (Lipinski definition) is 1. The summed E-state index contributed by atoms with van der Waals surface area (Å²) in [5.74, 6) is 0.302. The largest absolute Gasteiger partial charge is 0.508 e. The first-order valence-corrected chi connectivity index (χ1v) is 9.13. The predicted octanol–water partition coefficient (Wildman–Crippen LogP) is 4.85. The van der Waals surface area contributed by atoms with E-state index in [0.717, 1.165) is 36.9 Å². The van der Waals surface area contributed by atoms with Crippen LogP contribution in [0.3, 0.4) is 0 Å². The zero-order valence-electron chi connectivity index (χ0n) is 14.7. The topological polar surface area (TPSA) is 39.9 Å². The first kappa shape index (κ1) is 16.4. The molecule has 0 aliphatic carbocycles. The number of unbranched alkanes of at least 4 members (excludes halogenated alkanes) is 1. The van der Waals surface area contributed by atoms with Gasteiger partial charge in [-0.2, -0.15) is 0 Å². The number of H-pyrrole nitrogens is 1. The molecule has 0 radical (unpaired) electrons. The van der Waals surface area contributed by atoms with Gasteiger partial charge in [0.25, 0.3) is 0 Å². The van der Waals surface area contributed by atoms with Gasteiger partial charge in [0.1, 0.15) is 12.3 Å². The van der Waals surface area contributed by atoms with Crippen LogP contribution in [-0.2, 0) is 13.0 Å². The summed E-state index contributed by atoms with van der Waals surface area (Å²) >= 11 is 0. The number of pyridine rings is 1. The number of phenols is 1. The van der Waals surface area contributed by atoms with E-state index in [4.69, 9.17) is 0 Å². The predicted molar refractivity (Wildman–Crippen MR) is 105 cm³/mol. The standard InChI is InChI=1S/C23H22N2O/c26-21-10-5-8-18(15-21)20-9-6-14-25(17-20)13-4-3-7-19-16-24-23-12-2-1-11-22(19)23/h1-2,5-6,8-12,14-17,24H,3-4,7,13H2/p+1. The summed E-state index contributed by atoms with van der Waals surface area (Å²) in [5, 5.41) is 11.0. The third-order valence-electron chi connectivity index (χ3n) is 4.83. The van der Waals surface area contributed by atoms with E-state index < -0.39 is 0 Å². The van der Waals surface area contributed by atoms with Gasteiger partial charge in [-0.05, 0) is 48.2 Å². The van der Waals surface area contributed by atoms with Crippen molar-refractivity contribution in [2.45, 2.75) is 25.8 Å². The van der Waals surface area contributed by atoms with Crippen LogP contribution in [0.2, 0.25) is 0 Å². The van der Waals surface area contributed by atoms with Gasteiger partial charge >= 0.3 is 0 Å². The number of benzene rings is 2. The number of aromatic amines is 1. The molecule has 3 nitrogen and oxygen atoms in total. The molecule has 0 aliphatic heterocycles. The zero-order chi connectivity index (χ0) is 17.8. The van der Waals surface area contributed by atoms with Crippen LogP contribution in [0.25, 0.3) is 22.0 Å². The van der Waals surface area contributed by atoms with Crippen LogP contribution in [0.1, 0.15) is 18.4 Å². The van der Waals surface area contributed by atoms with Crippen molar-refractivity contribution in [1.29, 1.82) is 0 Å². The Bertz CT molecular complexity index is 1020. The van der Waals surface area contributed by atoms with Crippen LogP contribution >= 0.6 is 0 Å². The van der Waals surface area contributed by atoms with Crippen LogP contribution in [0.15, 0.2) is 79.3 Å². The quantitative estimate of drug-likeness (QED) is 0.381. The summed E-state index contributed by atoms with van der Waals surface area (Å²) in [4.78, 5) is 3.35. The fourth-order valence-corrected chi connectivity index (χ4v) is 3.47. The smallest absolute Gasteiger partial charge is 0.176 e. The number of para-hydroxylation sites is 1. The Balaban J connectivity index is 1.37. The van der Waals surface area contributed by atoms with Gasteiger partial charge in [0.15, 0.2) is 12.4 Å². The molecule has 2 N–H and O–H groups in total. The van der Waals surface area contributed by atoms with E-state index in [9.17, 15) is 5.11 Å². The number of aromatic nitrogens is 2. The molecule has 2 aromatic carbocycles. The summed E-state index contributed by atoms with van der Waals surface area (Å²) < 4.78 is 2.23. The first-order valence-electron chi connectivity index (χ1n) is 9.13. The molecular weight excluding hydrogens is 320 g/mol. The highest BCUT2D eigenvalue weighted by molar-refractivity contribution is 5.83. The molecule has 3 heteroatoms. The lowest BCUT2D eigenvalue weighted by Crippen LogP contribution is -2.32. The minimum Gasteiger partial charge on any atom is -0.508 e. The van der Waals surface area contributed by atoms with Gasteiger partial charge in [-0.15, -0.1) is 0 Å². The lowest BCUT2D eigenvalue weighted by atomic mass is 10.1. The summed E-state index contributed by atoms with van der Waals surface area (Å²) in [5.41, 5.74) is 4.79. The van der Waals surface area contributed by atoms with E-state index >= 15 is 0 Å². The highest BCUT2D eigenvalue weighted by atomic mass is 16.3. The molecule has 4 rings (SSSR count). The molecule has 0 aliphatic rings. The lowest BCUT2D eigenvalue weighted by Gasteiger charge is -2.03. The molecule has 4 aromatic rings. The van der Waals surface area contributed by atoms with Crippen LogP contribution < -0.4 is 4.57 Å². The molecular formula is C23H23N2O+. The average Bonchev–Trinajstić information content (AvgIpc) is 3.09. The number of aromatic hydroxyl groups is 1. The third kappa shape index (κ3) is 3.62. The minimum absolute atomic E-state index is 0.302. The Hall–Kier alpha value is -3.07. The Kier molecular flexibility index (Phi) is 4.69. The maximum absolute atomic E-state index is 9.67. The van der Waals surface area contributed by atoms with Crippen molar-refractivity contribution in [2.24, 2.45) is 0 Å². The fourth-order valence-electron chi connectivity index (χ4n) is 3.47. The SMILES string of the molecule is Oc1cccc(-c2ccc[n+](CCCCc3c[nH]c4ccccc34)c2)c1. The summed E-state index contributed by atoms with van der Waals surface area (Å²) in [6, 6.07) is 20.0. The number of nitrogens with zero attached hydrogens (tertiary/aromatic N) is 1. The van der Waals surface area contributed by atoms with Crippen molar-refractivity contribution >= 4 is 10.9 Å². The monoisotopic (exact) mass is 343 g/mol. The Morgan fingerprint density at radius 3 is 2.69 bits per heavy atom. The van der Waals surface area contributed by atoms with Crippen molar-refractivity contribution < 1.29 is 9.67 Å². The van der Waals surface area contributed by atoms with E-state index in [1.165, 1.54) is 16.5 Å². The second-order valence-corrected chi connectivity index (χ2v) is 6.70. The van der Waals surface area contributed by atoms with E-state index in [2.05, 4.69) is 64.5 Å². The molecule has 0 atom stereocenters. The molecule has 0 saturated heterocycles. The highest BCUT2D eigenvalue weighted by Crippen LogP contribution is 2.22. The average molecular weight is 343 g/mol. The highest BCUT2D eigenvalue weighted by Gasteiger charge is 2.07. The second-order valence-electron chi connectivity index (χ2n) is 6.70. The fraction of sp³-hybridized carbons (Fsp3) is 0.174. The van der Waals surface area contributed by atoms with Gasteiger partial charge in [-0.1, -0.05) is 30.3 Å². The first-order chi connectivity index (χ1) is 12.8. The normalized spacial score (nSPS) is 11.1. The van der Waals surface area contributed by atoms with Crippen LogP contribution in [0.4, 0.5) is 0 Å². The van der Waals surface area contributed by atoms with Gasteiger partial charge in [0.2, 0.25) is 0 Å². The molecule has 130 valence electrons. The van der Waals surface area contributed by atoms with Crippen molar-refractivity contribution in [3.8, 4) is 16.9 Å². The number of hydrogen-bond donors (Lipinski definition) is 2. The van der Waals surface area contributed by atoms with E-state index in [-0.39, 0.29) is 0 Å². The molecule has 0 bridgehead atoms. The van der Waals surface area contributed by atoms with Gasteiger partial charge in [0, 0.05) is 35.2 Å². The van der Waals surface area contributed by atoms with E-state index in [1.54, 1.807) is 12.1 Å². The summed E-state index contributed by atoms with van der Waals surface area (Å²) in [6.45, 7) is 0.995. The number of nitrogens with one attached hydrogen (secondary N) is 1. The second kappa shape index (κ2) is 7.44. The number of phenolic OH excluding ortho intramolecular Hbond substituents is 1. The van der Waals surface area contributed by atoms with Crippen molar-refractivity contribution in [3.05, 3.63) is 84.8 Å². The molecule has 0 spiro atoms. The Morgan fingerprint density at radius 1 is 0.885 bits per heavy atom. The van der Waals surface area contributed by atoms with Crippen molar-refractivity contribution in [2.75, 3.05) is 0 Å². The van der Waals surface area contributed by atoms with Gasteiger partial charge in [-0.3, -0.25) is 0 Å². The molecule has 2 aromatic heterocycles. The van der Waals surface area contributed by atoms with Crippen LogP contribution in [-0.4, -0.2) is 10.1 Å². The van der Waals surface area contributed by atoms with Gasteiger partial charge in [0.05, 0.1) is 0 Å². The van der Waals surface area contributed by atoms with Gasteiger partial charge in [-0.25, -0.2) is 4.57 Å². The maximum Gasteiger partial charge on any atom is 0.176 e. The third-order valence-corrected chi connectivity index (χ3v) is 4.83. The molecule has 0 fully saturated rings. The maximum atomic E-state index is 9.67. The number of rotatable bonds is 6. The van der Waals surface area contributed by atoms with E-state index in [0.29, 0.717) is 5.75 Å². The molecule has 0 amide bonds. The van der Waals surface area contributed by atoms with Crippen LogP contribution in [0, 0.1) is 0 Å². The minimum atomic E-state index is 0.302. The zero-order valence-corrected chi connectivity index (χ0v) is 14.7. The van der Waals surface area contributed by atoms with Crippen molar-refractivity contribution in [1.82, 2.24) is 4.98 Å². The number of aryl methyl sites for hydroxylation is 2. The molecule has 26 heavy (non-hydrogen) atoms. The Morgan fingerprint density at radius 2 is 1.77 bits per heavy atom. The van der Waals surface area contributed by atoms with Crippen LogP contribution in [0.5, 0.6) is 5.75 Å². The molecule has 0 unspecified atom stereocenters. The van der Waals surface area contributed by atoms with Gasteiger partial charge < -0.3 is 10.1 Å². The number of fused-ring (bicyclic) bond motifs is 1. The molecule has 0 saturated carbocycles. The van der Waals surface area contributed by atoms with Crippen molar-refractivity contribution in [3.63, 3.8) is 0 Å². The molecule has 2 heterocycles. The van der Waals surface area contributed by atoms with E-state index in [1.807, 2.05) is 12.1 Å².